The quantitative estimate of drug-likeness (QED) is 0.604. The number of allylic oxidation sites excluding steroid dienone is 1. The summed E-state index contributed by atoms with van der Waals surface area (Å²) in [4.78, 5) is 10.5. The summed E-state index contributed by atoms with van der Waals surface area (Å²) in [5, 5.41) is 0.824. The monoisotopic (exact) mass is 162 g/mol. The van der Waals surface area contributed by atoms with Gasteiger partial charge >= 0.3 is 0 Å². The predicted molar refractivity (Wildman–Crippen MR) is 48.1 cm³/mol. The third-order valence-electron chi connectivity index (χ3n) is 1.57. The molecule has 0 spiro atoms. The van der Waals surface area contributed by atoms with Crippen molar-refractivity contribution in [2.24, 2.45) is 0 Å². The van der Waals surface area contributed by atoms with Gasteiger partial charge in [0.15, 0.2) is 6.29 Å². The van der Waals surface area contributed by atoms with Gasteiger partial charge in [-0.05, 0) is 13.0 Å². The van der Waals surface area contributed by atoms with E-state index in [0.29, 0.717) is 11.0 Å². The molecule has 0 saturated heterocycles. The molecule has 0 fully saturated rings. The van der Waals surface area contributed by atoms with Gasteiger partial charge in [0.05, 0.1) is 5.56 Å². The summed E-state index contributed by atoms with van der Waals surface area (Å²) in [5.74, 6) is 0. The van der Waals surface area contributed by atoms with Crippen LogP contribution >= 0.6 is 0 Å². The van der Waals surface area contributed by atoms with Crippen molar-refractivity contribution in [1.82, 2.24) is 0 Å². The maximum atomic E-state index is 10.5. The molecule has 0 aromatic carbocycles. The van der Waals surface area contributed by atoms with E-state index in [-0.39, 0.29) is 0 Å². The van der Waals surface area contributed by atoms with Crippen LogP contribution in [-0.4, -0.2) is 6.29 Å². The number of aldehydes is 1. The fourth-order valence-corrected chi connectivity index (χ4v) is 1.03. The molecule has 0 N–H and O–H groups in total. The topological polar surface area (TPSA) is 30.2 Å². The SMILES string of the molecule is C=C/C=c1/occ(C=O)/c1=C/C. The van der Waals surface area contributed by atoms with Gasteiger partial charge in [-0.15, -0.1) is 0 Å². The van der Waals surface area contributed by atoms with Crippen molar-refractivity contribution in [3.63, 3.8) is 0 Å². The zero-order chi connectivity index (χ0) is 8.97. The minimum absolute atomic E-state index is 0.575. The van der Waals surface area contributed by atoms with Gasteiger partial charge < -0.3 is 4.42 Å². The summed E-state index contributed by atoms with van der Waals surface area (Å²) in [6.45, 7) is 5.41. The molecular formula is C10H10O2. The lowest BCUT2D eigenvalue weighted by atomic mass is 10.2. The lowest BCUT2D eigenvalue weighted by molar-refractivity contribution is 0.112. The highest BCUT2D eigenvalue weighted by atomic mass is 16.3. The smallest absolute Gasteiger partial charge is 0.153 e. The fraction of sp³-hybridized carbons (Fsp3) is 0.100. The highest BCUT2D eigenvalue weighted by Crippen LogP contribution is 1.82. The largest absolute Gasteiger partial charge is 0.464 e. The Morgan fingerprint density at radius 2 is 2.33 bits per heavy atom. The van der Waals surface area contributed by atoms with E-state index in [1.807, 2.05) is 13.0 Å². The number of carbonyl (C=O) groups is 1. The van der Waals surface area contributed by atoms with E-state index in [4.69, 9.17) is 4.42 Å². The van der Waals surface area contributed by atoms with Crippen molar-refractivity contribution in [2.75, 3.05) is 0 Å². The molecule has 0 bridgehead atoms. The Labute approximate surface area is 70.5 Å². The lowest BCUT2D eigenvalue weighted by Crippen LogP contribution is -2.21. The summed E-state index contributed by atoms with van der Waals surface area (Å²) in [6.07, 6.45) is 7.41. The van der Waals surface area contributed by atoms with Crippen LogP contribution in [-0.2, 0) is 0 Å². The summed E-state index contributed by atoms with van der Waals surface area (Å²) in [6, 6.07) is 0. The van der Waals surface area contributed by atoms with Gasteiger partial charge in [-0.1, -0.05) is 18.7 Å². The second-order valence-corrected chi connectivity index (χ2v) is 2.28. The van der Waals surface area contributed by atoms with Gasteiger partial charge in [-0.25, -0.2) is 0 Å². The van der Waals surface area contributed by atoms with Gasteiger partial charge in [0, 0.05) is 5.22 Å². The number of hydrogen-bond donors (Lipinski definition) is 0. The summed E-state index contributed by atoms with van der Waals surface area (Å²) >= 11 is 0. The zero-order valence-corrected chi connectivity index (χ0v) is 6.91. The minimum Gasteiger partial charge on any atom is -0.464 e. The van der Waals surface area contributed by atoms with Crippen LogP contribution in [0.3, 0.4) is 0 Å². The van der Waals surface area contributed by atoms with Crippen molar-refractivity contribution in [2.45, 2.75) is 6.92 Å². The third kappa shape index (κ3) is 1.37. The van der Waals surface area contributed by atoms with E-state index in [1.54, 1.807) is 12.2 Å². The Morgan fingerprint density at radius 1 is 1.58 bits per heavy atom. The standard InChI is InChI=1S/C10H10O2/c1-3-5-10-9(4-2)8(6-11)7-12-10/h3-7H,1H2,2H3/b9-4-,10-5+. The molecule has 0 aliphatic heterocycles. The van der Waals surface area contributed by atoms with Crippen LogP contribution in [0, 0.1) is 0 Å². The average molecular weight is 162 g/mol. The average Bonchev–Trinajstić information content (AvgIpc) is 2.47. The maximum Gasteiger partial charge on any atom is 0.153 e. The summed E-state index contributed by atoms with van der Waals surface area (Å²) in [5.41, 5.74) is 1.25. The Balaban J connectivity index is 3.54. The molecule has 0 saturated carbocycles. The molecule has 1 rings (SSSR count). The van der Waals surface area contributed by atoms with E-state index in [0.717, 1.165) is 11.5 Å². The molecule has 0 aliphatic carbocycles. The zero-order valence-electron chi connectivity index (χ0n) is 6.91. The highest BCUT2D eigenvalue weighted by molar-refractivity contribution is 5.75. The number of carbonyl (C=O) groups excluding carboxylic acids is 1. The van der Waals surface area contributed by atoms with E-state index >= 15 is 0 Å². The highest BCUT2D eigenvalue weighted by Gasteiger charge is 1.96. The molecule has 2 heteroatoms. The second-order valence-electron chi connectivity index (χ2n) is 2.28. The number of rotatable bonds is 2. The summed E-state index contributed by atoms with van der Waals surface area (Å²) in [7, 11) is 0. The van der Waals surface area contributed by atoms with Gasteiger partial charge in [-0.2, -0.15) is 0 Å². The molecule has 0 radical (unpaired) electrons. The van der Waals surface area contributed by atoms with Crippen molar-refractivity contribution in [3.05, 3.63) is 35.1 Å². The summed E-state index contributed by atoms with van der Waals surface area (Å²) < 4.78 is 5.13. The Kier molecular flexibility index (Phi) is 2.64. The molecule has 0 atom stereocenters. The minimum atomic E-state index is 0.575. The van der Waals surface area contributed by atoms with Gasteiger partial charge in [0.1, 0.15) is 11.7 Å². The molecule has 1 heterocycles. The Morgan fingerprint density at radius 3 is 2.83 bits per heavy atom. The lowest BCUT2D eigenvalue weighted by Gasteiger charge is -1.76. The fourth-order valence-electron chi connectivity index (χ4n) is 1.03. The molecule has 0 amide bonds. The van der Waals surface area contributed by atoms with Crippen LogP contribution in [0.2, 0.25) is 0 Å². The van der Waals surface area contributed by atoms with Gasteiger partial charge in [0.2, 0.25) is 0 Å². The first kappa shape index (κ1) is 8.53. The van der Waals surface area contributed by atoms with Crippen molar-refractivity contribution in [3.8, 4) is 0 Å². The molecule has 0 aliphatic rings. The number of hydrogen-bond acceptors (Lipinski definition) is 2. The molecule has 0 unspecified atom stereocenters. The van der Waals surface area contributed by atoms with Crippen LogP contribution in [0.5, 0.6) is 0 Å². The van der Waals surface area contributed by atoms with E-state index in [2.05, 4.69) is 6.58 Å². The van der Waals surface area contributed by atoms with Crippen molar-refractivity contribution >= 4 is 18.4 Å². The first-order valence-electron chi connectivity index (χ1n) is 3.65. The first-order valence-corrected chi connectivity index (χ1v) is 3.65. The van der Waals surface area contributed by atoms with Crippen LogP contribution in [0.4, 0.5) is 0 Å². The molecule has 12 heavy (non-hydrogen) atoms. The molecule has 2 nitrogen and oxygen atoms in total. The van der Waals surface area contributed by atoms with E-state index in [9.17, 15) is 4.79 Å². The molecule has 1 aromatic heterocycles. The van der Waals surface area contributed by atoms with Gasteiger partial charge in [-0.3, -0.25) is 4.79 Å². The third-order valence-corrected chi connectivity index (χ3v) is 1.57. The van der Waals surface area contributed by atoms with Crippen LogP contribution in [0.1, 0.15) is 17.3 Å². The molecule has 62 valence electrons. The van der Waals surface area contributed by atoms with Crippen molar-refractivity contribution < 1.29 is 9.21 Å². The number of furan rings is 1. The normalized spacial score (nSPS) is 13.4. The molecule has 1 aromatic rings. The van der Waals surface area contributed by atoms with Crippen molar-refractivity contribution in [1.29, 1.82) is 0 Å². The van der Waals surface area contributed by atoms with E-state index < -0.39 is 0 Å². The Bertz CT molecular complexity index is 396. The second kappa shape index (κ2) is 3.72. The predicted octanol–water partition coefficient (Wildman–Crippen LogP) is 0.859. The van der Waals surface area contributed by atoms with Crippen LogP contribution < -0.4 is 10.6 Å². The van der Waals surface area contributed by atoms with Crippen LogP contribution in [0.15, 0.2) is 23.3 Å². The van der Waals surface area contributed by atoms with E-state index in [1.165, 1.54) is 6.26 Å². The Hall–Kier alpha value is -1.57. The van der Waals surface area contributed by atoms with Crippen LogP contribution in [0.25, 0.3) is 12.2 Å². The molecular weight excluding hydrogens is 152 g/mol. The van der Waals surface area contributed by atoms with Gasteiger partial charge in [0.25, 0.3) is 0 Å². The first-order chi connectivity index (χ1) is 5.83. The maximum absolute atomic E-state index is 10.5.